The Balaban J connectivity index is 4.05. The first-order chi connectivity index (χ1) is 31.1. The van der Waals surface area contributed by atoms with E-state index in [1.807, 2.05) is 21.1 Å². The summed E-state index contributed by atoms with van der Waals surface area (Å²) in [5.74, 6) is -0.307. The molecule has 0 rings (SSSR count). The fourth-order valence-corrected chi connectivity index (χ4v) is 9.00. The van der Waals surface area contributed by atoms with Crippen LogP contribution in [0.4, 0.5) is 0 Å². The van der Waals surface area contributed by atoms with Crippen molar-refractivity contribution in [3.05, 3.63) is 12.2 Å². The summed E-state index contributed by atoms with van der Waals surface area (Å²) in [4.78, 5) is 23.1. The van der Waals surface area contributed by atoms with Crippen LogP contribution in [-0.2, 0) is 27.9 Å². The number of likely N-dealkylation sites (N-methyl/N-ethyl adjacent to an activating group) is 1. The second kappa shape index (κ2) is 48.7. The molecule has 0 aliphatic rings. The molecule has 0 aromatic carbocycles. The SMILES string of the molecule is CCCCCCCCC/C=C\CCCCCCCCCCOCC(COP(=O)(O)OCC[N+](C)(C)C)OC(=O)CCCCCCCCCCCCCCCCCCCCCCCCC. The predicted molar refractivity (Wildman–Crippen MR) is 275 cm³/mol. The number of hydrogen-bond acceptors (Lipinski definition) is 6. The van der Waals surface area contributed by atoms with Crippen molar-refractivity contribution in [1.29, 1.82) is 0 Å². The van der Waals surface area contributed by atoms with Crippen LogP contribution < -0.4 is 0 Å². The first-order valence-electron chi connectivity index (χ1n) is 27.9. The van der Waals surface area contributed by atoms with Gasteiger partial charge in [-0.15, -0.1) is 0 Å². The van der Waals surface area contributed by atoms with Gasteiger partial charge in [-0.3, -0.25) is 13.8 Å². The Bertz CT molecular complexity index is 1030. The minimum Gasteiger partial charge on any atom is -0.457 e. The van der Waals surface area contributed by atoms with Gasteiger partial charge in [0, 0.05) is 13.0 Å². The maximum Gasteiger partial charge on any atom is 0.472 e. The van der Waals surface area contributed by atoms with E-state index in [-0.39, 0.29) is 25.8 Å². The van der Waals surface area contributed by atoms with Crippen molar-refractivity contribution in [3.63, 3.8) is 0 Å². The molecule has 0 aliphatic carbocycles. The molecule has 1 N–H and O–H groups in total. The van der Waals surface area contributed by atoms with Crippen molar-refractivity contribution in [3.8, 4) is 0 Å². The zero-order valence-electron chi connectivity index (χ0n) is 43.6. The van der Waals surface area contributed by atoms with Crippen LogP contribution in [0.25, 0.3) is 0 Å². The van der Waals surface area contributed by atoms with Gasteiger partial charge in [0.15, 0.2) is 0 Å². The molecule has 0 spiro atoms. The summed E-state index contributed by atoms with van der Waals surface area (Å²) in [7, 11) is 1.68. The standard InChI is InChI=1S/C55H110NO7P/c1-6-8-10-12-14-16-18-20-22-24-26-27-28-29-30-32-34-36-38-40-42-44-46-48-55(57)63-54(53-62-64(58,59)61-51-49-56(3,4)5)52-60-50-47-45-43-41-39-37-35-33-31-25-23-21-19-17-15-13-11-9-7-2/h23,25,54H,6-22,24,26-53H2,1-5H3/p+1/b25-23-. The van der Waals surface area contributed by atoms with Gasteiger partial charge >= 0.3 is 13.8 Å². The van der Waals surface area contributed by atoms with E-state index in [1.165, 1.54) is 225 Å². The summed E-state index contributed by atoms with van der Waals surface area (Å²) in [6, 6.07) is 0. The van der Waals surface area contributed by atoms with Crippen LogP contribution in [0.3, 0.4) is 0 Å². The number of phosphoric acid groups is 1. The van der Waals surface area contributed by atoms with Crippen LogP contribution in [0.2, 0.25) is 0 Å². The molecule has 0 fully saturated rings. The minimum absolute atomic E-state index is 0.0918. The Labute approximate surface area is 399 Å². The third kappa shape index (κ3) is 52.2. The highest BCUT2D eigenvalue weighted by atomic mass is 31.2. The predicted octanol–water partition coefficient (Wildman–Crippen LogP) is 17.3. The average Bonchev–Trinajstić information content (AvgIpc) is 3.25. The van der Waals surface area contributed by atoms with Gasteiger partial charge in [0.1, 0.15) is 19.3 Å². The molecule has 2 atom stereocenters. The van der Waals surface area contributed by atoms with E-state index < -0.39 is 13.9 Å². The Morgan fingerprint density at radius 1 is 0.469 bits per heavy atom. The van der Waals surface area contributed by atoms with Crippen molar-refractivity contribution in [1.82, 2.24) is 0 Å². The molecule has 382 valence electrons. The van der Waals surface area contributed by atoms with Crippen LogP contribution in [0.5, 0.6) is 0 Å². The number of carbonyl (C=O) groups is 1. The van der Waals surface area contributed by atoms with E-state index in [2.05, 4.69) is 26.0 Å². The lowest BCUT2D eigenvalue weighted by Crippen LogP contribution is -2.37. The average molecular weight is 929 g/mol. The largest absolute Gasteiger partial charge is 0.472 e. The van der Waals surface area contributed by atoms with Crippen LogP contribution in [0.15, 0.2) is 12.2 Å². The molecule has 2 unspecified atom stereocenters. The molecule has 0 aromatic rings. The van der Waals surface area contributed by atoms with Gasteiger partial charge in [0.25, 0.3) is 0 Å². The molecule has 0 radical (unpaired) electrons. The van der Waals surface area contributed by atoms with Crippen LogP contribution in [0.1, 0.15) is 277 Å². The third-order valence-corrected chi connectivity index (χ3v) is 13.6. The molecule has 8 nitrogen and oxygen atoms in total. The van der Waals surface area contributed by atoms with E-state index in [9.17, 15) is 14.3 Å². The van der Waals surface area contributed by atoms with Crippen molar-refractivity contribution >= 4 is 13.8 Å². The number of esters is 1. The summed E-state index contributed by atoms with van der Waals surface area (Å²) in [6.45, 7) is 5.69. The summed E-state index contributed by atoms with van der Waals surface area (Å²) >= 11 is 0. The smallest absolute Gasteiger partial charge is 0.457 e. The maximum absolute atomic E-state index is 12.8. The molecule has 0 heterocycles. The third-order valence-electron chi connectivity index (χ3n) is 12.6. The molecule has 0 aromatic heterocycles. The molecule has 0 saturated heterocycles. The highest BCUT2D eigenvalue weighted by Gasteiger charge is 2.26. The number of carbonyl (C=O) groups excluding carboxylic acids is 1. The first-order valence-corrected chi connectivity index (χ1v) is 29.4. The van der Waals surface area contributed by atoms with Crippen molar-refractivity contribution in [2.24, 2.45) is 0 Å². The Morgan fingerprint density at radius 2 is 0.812 bits per heavy atom. The van der Waals surface area contributed by atoms with E-state index in [4.69, 9.17) is 18.5 Å². The Hall–Kier alpha value is -0.760. The summed E-state index contributed by atoms with van der Waals surface area (Å²) in [5.41, 5.74) is 0. The molecular formula is C55H111NO7P+. The molecular weight excluding hydrogens is 818 g/mol. The van der Waals surface area contributed by atoms with Gasteiger partial charge in [-0.25, -0.2) is 4.57 Å². The topological polar surface area (TPSA) is 91.3 Å². The molecule has 0 amide bonds. The zero-order valence-corrected chi connectivity index (χ0v) is 44.4. The van der Waals surface area contributed by atoms with E-state index >= 15 is 0 Å². The van der Waals surface area contributed by atoms with Crippen LogP contribution in [-0.4, -0.2) is 75.6 Å². The zero-order chi connectivity index (χ0) is 46.9. The van der Waals surface area contributed by atoms with Gasteiger partial charge in [0.05, 0.1) is 34.4 Å². The molecule has 0 aliphatic heterocycles. The van der Waals surface area contributed by atoms with E-state index in [0.717, 1.165) is 32.1 Å². The van der Waals surface area contributed by atoms with Gasteiger partial charge in [-0.2, -0.15) is 0 Å². The maximum atomic E-state index is 12.8. The number of ether oxygens (including phenoxy) is 2. The van der Waals surface area contributed by atoms with Crippen molar-refractivity contribution < 1.29 is 37.3 Å². The molecule has 9 heteroatoms. The van der Waals surface area contributed by atoms with Crippen LogP contribution in [0, 0.1) is 0 Å². The first kappa shape index (κ1) is 63.2. The van der Waals surface area contributed by atoms with E-state index in [0.29, 0.717) is 24.1 Å². The normalized spacial score (nSPS) is 13.5. The fourth-order valence-electron chi connectivity index (χ4n) is 8.26. The van der Waals surface area contributed by atoms with Crippen molar-refractivity contribution in [2.75, 3.05) is 54.1 Å². The lowest BCUT2D eigenvalue weighted by atomic mass is 10.0. The molecule has 64 heavy (non-hydrogen) atoms. The Morgan fingerprint density at radius 3 is 1.19 bits per heavy atom. The number of rotatable bonds is 53. The van der Waals surface area contributed by atoms with Gasteiger partial charge < -0.3 is 18.9 Å². The lowest BCUT2D eigenvalue weighted by molar-refractivity contribution is -0.870. The second-order valence-corrected chi connectivity index (χ2v) is 21.8. The number of allylic oxidation sites excluding steroid dienone is 2. The van der Waals surface area contributed by atoms with Gasteiger partial charge in [-0.1, -0.05) is 244 Å². The highest BCUT2D eigenvalue weighted by molar-refractivity contribution is 7.47. The number of phosphoric ester groups is 1. The van der Waals surface area contributed by atoms with Gasteiger partial charge in [-0.05, 0) is 38.5 Å². The lowest BCUT2D eigenvalue weighted by Gasteiger charge is -2.24. The number of quaternary nitrogens is 1. The fraction of sp³-hybridized carbons (Fsp3) is 0.945. The number of nitrogens with zero attached hydrogens (tertiary/aromatic N) is 1. The Kier molecular flexibility index (Phi) is 48.1. The van der Waals surface area contributed by atoms with Crippen molar-refractivity contribution in [2.45, 2.75) is 283 Å². The second-order valence-electron chi connectivity index (χ2n) is 20.3. The summed E-state index contributed by atoms with van der Waals surface area (Å²) in [5, 5.41) is 0. The van der Waals surface area contributed by atoms with E-state index in [1.54, 1.807) is 0 Å². The monoisotopic (exact) mass is 929 g/mol. The molecule has 0 bridgehead atoms. The number of unbranched alkanes of at least 4 members (excludes halogenated alkanes) is 37. The number of hydrogen-bond donors (Lipinski definition) is 1. The highest BCUT2D eigenvalue weighted by Crippen LogP contribution is 2.43. The van der Waals surface area contributed by atoms with Crippen LogP contribution >= 0.6 is 7.82 Å². The minimum atomic E-state index is -4.28. The van der Waals surface area contributed by atoms with Gasteiger partial charge in [0.2, 0.25) is 0 Å². The quantitative estimate of drug-likeness (QED) is 0.0214. The summed E-state index contributed by atoms with van der Waals surface area (Å²) in [6.07, 6.45) is 57.0. The molecule has 0 saturated carbocycles. The summed E-state index contributed by atoms with van der Waals surface area (Å²) < 4.78 is 35.2.